The molecule has 156 valence electrons. The van der Waals surface area contributed by atoms with Gasteiger partial charge in [-0.3, -0.25) is 4.79 Å². The molecule has 5 heteroatoms. The van der Waals surface area contributed by atoms with Gasteiger partial charge in [0.25, 0.3) is 5.91 Å². The van der Waals surface area contributed by atoms with Crippen molar-refractivity contribution in [2.75, 3.05) is 23.9 Å². The van der Waals surface area contributed by atoms with Gasteiger partial charge in [0, 0.05) is 29.5 Å². The van der Waals surface area contributed by atoms with E-state index in [1.807, 2.05) is 12.1 Å². The highest BCUT2D eigenvalue weighted by molar-refractivity contribution is 6.09. The third-order valence-corrected chi connectivity index (χ3v) is 5.73. The number of fused-ring (bicyclic) bond motifs is 1. The van der Waals surface area contributed by atoms with Crippen molar-refractivity contribution < 1.29 is 9.53 Å². The predicted octanol–water partition coefficient (Wildman–Crippen LogP) is 5.35. The van der Waals surface area contributed by atoms with Crippen molar-refractivity contribution in [3.8, 4) is 11.8 Å². The lowest BCUT2D eigenvalue weighted by molar-refractivity contribution is -0.112. The summed E-state index contributed by atoms with van der Waals surface area (Å²) in [5, 5.41) is 12.3. The fourth-order valence-corrected chi connectivity index (χ4v) is 4.41. The van der Waals surface area contributed by atoms with Gasteiger partial charge in [0.1, 0.15) is 17.4 Å². The quantitative estimate of drug-likeness (QED) is 0.540. The molecule has 1 amide bonds. The normalized spacial score (nSPS) is 17.7. The molecule has 3 rings (SSSR count). The molecule has 2 aromatic carbocycles. The number of amides is 1. The van der Waals surface area contributed by atoms with Gasteiger partial charge in [0.15, 0.2) is 0 Å². The smallest absolute Gasteiger partial charge is 0.266 e. The maximum absolute atomic E-state index is 12.6. The summed E-state index contributed by atoms with van der Waals surface area (Å²) in [7, 11) is 1.57. The monoisotopic (exact) mass is 403 g/mol. The Morgan fingerprint density at radius 3 is 2.77 bits per heavy atom. The summed E-state index contributed by atoms with van der Waals surface area (Å²) in [6.07, 6.45) is 2.71. The fourth-order valence-electron chi connectivity index (χ4n) is 4.41. The molecule has 0 bridgehead atoms. The fraction of sp³-hybridized carbons (Fsp3) is 0.360. The molecule has 0 radical (unpaired) electrons. The van der Waals surface area contributed by atoms with Crippen molar-refractivity contribution in [1.29, 1.82) is 5.26 Å². The maximum Gasteiger partial charge on any atom is 0.266 e. The first-order valence-corrected chi connectivity index (χ1v) is 10.3. The van der Waals surface area contributed by atoms with Crippen LogP contribution in [0.5, 0.6) is 5.75 Å². The lowest BCUT2D eigenvalue weighted by Crippen LogP contribution is -2.48. The van der Waals surface area contributed by atoms with E-state index >= 15 is 0 Å². The number of ether oxygens (including phenoxy) is 1. The molecule has 1 aliphatic heterocycles. The summed E-state index contributed by atoms with van der Waals surface area (Å²) in [6.45, 7) is 9.91. The van der Waals surface area contributed by atoms with Crippen LogP contribution < -0.4 is 15.0 Å². The second-order valence-corrected chi connectivity index (χ2v) is 8.34. The molecule has 2 aromatic rings. The van der Waals surface area contributed by atoms with Crippen LogP contribution in [0.2, 0.25) is 0 Å². The zero-order valence-electron chi connectivity index (χ0n) is 18.3. The van der Waals surface area contributed by atoms with E-state index < -0.39 is 5.91 Å². The highest BCUT2D eigenvalue weighted by Gasteiger charge is 2.35. The molecule has 1 heterocycles. The van der Waals surface area contributed by atoms with E-state index in [-0.39, 0.29) is 11.1 Å². The molecule has 1 atom stereocenters. The third-order valence-electron chi connectivity index (χ3n) is 5.73. The van der Waals surface area contributed by atoms with Gasteiger partial charge in [-0.05, 0) is 74.6 Å². The van der Waals surface area contributed by atoms with Crippen LogP contribution in [-0.4, -0.2) is 25.1 Å². The zero-order chi connectivity index (χ0) is 21.9. The summed E-state index contributed by atoms with van der Waals surface area (Å²) in [4.78, 5) is 15.1. The molecule has 0 saturated carbocycles. The molecule has 0 saturated heterocycles. The third kappa shape index (κ3) is 4.33. The predicted molar refractivity (Wildman–Crippen MR) is 122 cm³/mol. The van der Waals surface area contributed by atoms with Crippen LogP contribution in [0.3, 0.4) is 0 Å². The highest BCUT2D eigenvalue weighted by Crippen LogP contribution is 2.43. The Balaban J connectivity index is 1.89. The number of rotatable bonds is 5. The van der Waals surface area contributed by atoms with Crippen LogP contribution >= 0.6 is 0 Å². The van der Waals surface area contributed by atoms with E-state index in [9.17, 15) is 10.1 Å². The molecular formula is C25H29N3O2. The van der Waals surface area contributed by atoms with E-state index in [1.165, 1.54) is 11.3 Å². The molecule has 0 aliphatic carbocycles. The van der Waals surface area contributed by atoms with Crippen LogP contribution in [0.15, 0.2) is 48.0 Å². The number of carbonyl (C=O) groups excluding carboxylic acids is 1. The number of anilines is 2. The van der Waals surface area contributed by atoms with Crippen LogP contribution in [0.4, 0.5) is 11.4 Å². The average Bonchev–Trinajstić information content (AvgIpc) is 2.72. The molecule has 0 unspecified atom stereocenters. The first-order valence-electron chi connectivity index (χ1n) is 10.3. The van der Waals surface area contributed by atoms with Crippen LogP contribution in [0, 0.1) is 11.3 Å². The highest BCUT2D eigenvalue weighted by atomic mass is 16.5. The summed E-state index contributed by atoms with van der Waals surface area (Å²) in [5.74, 6) is 0.609. The van der Waals surface area contributed by atoms with Gasteiger partial charge in [0.2, 0.25) is 0 Å². The molecule has 1 aliphatic rings. The first kappa shape index (κ1) is 21.4. The Labute approximate surface area is 179 Å². The van der Waals surface area contributed by atoms with Crippen molar-refractivity contribution in [3.05, 3.63) is 59.2 Å². The number of hydrogen-bond donors (Lipinski definition) is 1. The van der Waals surface area contributed by atoms with Crippen molar-refractivity contribution in [2.24, 2.45) is 0 Å². The van der Waals surface area contributed by atoms with E-state index in [0.717, 1.165) is 18.5 Å². The van der Waals surface area contributed by atoms with Crippen LogP contribution in [0.1, 0.15) is 51.2 Å². The number of methoxy groups -OCH3 is 1. The number of carbonyl (C=O) groups is 1. The lowest BCUT2D eigenvalue weighted by atomic mass is 9.79. The largest absolute Gasteiger partial charge is 0.497 e. The standard InChI is InChI=1S/C25H29N3O2/c1-6-28-23-11-10-18(13-22(23)17(2)15-25(28,3)4)12-19(16-26)24(29)27-20-8-7-9-21(14-20)30-5/h7-14,17H,6,15H2,1-5H3,(H,27,29)/b19-12-/t17-/m1/s1. The van der Waals surface area contributed by atoms with E-state index in [2.05, 4.69) is 50.0 Å². The molecule has 0 aromatic heterocycles. The topological polar surface area (TPSA) is 65.4 Å². The average molecular weight is 404 g/mol. The maximum atomic E-state index is 12.6. The van der Waals surface area contributed by atoms with Crippen LogP contribution in [-0.2, 0) is 4.79 Å². The van der Waals surface area contributed by atoms with Crippen molar-refractivity contribution in [3.63, 3.8) is 0 Å². The van der Waals surface area contributed by atoms with Gasteiger partial charge in [-0.25, -0.2) is 0 Å². The molecule has 30 heavy (non-hydrogen) atoms. The Kier molecular flexibility index (Phi) is 6.17. The Morgan fingerprint density at radius 1 is 1.33 bits per heavy atom. The minimum absolute atomic E-state index is 0.0638. The second kappa shape index (κ2) is 8.62. The van der Waals surface area contributed by atoms with Crippen LogP contribution in [0.25, 0.3) is 6.08 Å². The van der Waals surface area contributed by atoms with Gasteiger partial charge in [0.05, 0.1) is 7.11 Å². The van der Waals surface area contributed by atoms with Crippen molar-refractivity contribution in [1.82, 2.24) is 0 Å². The molecule has 0 fully saturated rings. The van der Waals surface area contributed by atoms with E-state index in [4.69, 9.17) is 4.74 Å². The Bertz CT molecular complexity index is 1020. The van der Waals surface area contributed by atoms with Crippen molar-refractivity contribution >= 4 is 23.4 Å². The minimum atomic E-state index is -0.437. The summed E-state index contributed by atoms with van der Waals surface area (Å²) >= 11 is 0. The molecule has 5 nitrogen and oxygen atoms in total. The number of nitrogens with zero attached hydrogens (tertiary/aromatic N) is 2. The van der Waals surface area contributed by atoms with Gasteiger partial charge in [-0.1, -0.05) is 19.1 Å². The number of hydrogen-bond acceptors (Lipinski definition) is 4. The van der Waals surface area contributed by atoms with Gasteiger partial charge >= 0.3 is 0 Å². The van der Waals surface area contributed by atoms with Gasteiger partial charge < -0.3 is 15.0 Å². The summed E-state index contributed by atoms with van der Waals surface area (Å²) < 4.78 is 5.18. The SMILES string of the molecule is CCN1c2ccc(/C=C(/C#N)C(=O)Nc3cccc(OC)c3)cc2[C@H](C)CC1(C)C. The van der Waals surface area contributed by atoms with Gasteiger partial charge in [-0.2, -0.15) is 5.26 Å². The summed E-state index contributed by atoms with van der Waals surface area (Å²) in [6, 6.07) is 15.3. The zero-order valence-corrected chi connectivity index (χ0v) is 18.3. The second-order valence-electron chi connectivity index (χ2n) is 8.34. The Hall–Kier alpha value is -3.26. The first-order chi connectivity index (χ1) is 14.3. The number of benzene rings is 2. The number of nitriles is 1. The molecular weight excluding hydrogens is 374 g/mol. The van der Waals surface area contributed by atoms with Crippen molar-refractivity contribution in [2.45, 2.75) is 45.6 Å². The molecule has 0 spiro atoms. The number of nitrogens with one attached hydrogen (secondary N) is 1. The summed E-state index contributed by atoms with van der Waals surface area (Å²) in [5.41, 5.74) is 4.10. The van der Waals surface area contributed by atoms with E-state index in [0.29, 0.717) is 17.4 Å². The molecule has 1 N–H and O–H groups in total. The minimum Gasteiger partial charge on any atom is -0.497 e. The Morgan fingerprint density at radius 2 is 2.10 bits per heavy atom. The van der Waals surface area contributed by atoms with E-state index in [1.54, 1.807) is 37.5 Å². The lowest BCUT2D eigenvalue weighted by Gasteiger charge is -2.47. The van der Waals surface area contributed by atoms with Gasteiger partial charge in [-0.15, -0.1) is 0 Å².